The summed E-state index contributed by atoms with van der Waals surface area (Å²) in [6.07, 6.45) is 0.625. The Morgan fingerprint density at radius 1 is 1.23 bits per heavy atom. The Kier molecular flexibility index (Phi) is 6.00. The molecule has 6 heteroatoms. The van der Waals surface area contributed by atoms with Crippen molar-refractivity contribution in [2.75, 3.05) is 0 Å². The molecule has 2 rings (SSSR count). The van der Waals surface area contributed by atoms with Crippen molar-refractivity contribution in [3.8, 4) is 0 Å². The number of rotatable bonds is 4. The van der Waals surface area contributed by atoms with Crippen molar-refractivity contribution in [1.29, 1.82) is 0 Å². The minimum absolute atomic E-state index is 0.280. The van der Waals surface area contributed by atoms with Crippen LogP contribution in [0.4, 0.5) is 0 Å². The summed E-state index contributed by atoms with van der Waals surface area (Å²) in [7, 11) is 0. The molecule has 0 atom stereocenters. The van der Waals surface area contributed by atoms with Crippen LogP contribution >= 0.6 is 39.1 Å². The molecular weight excluding hydrogens is 387 g/mol. The first-order valence-electron chi connectivity index (χ1n) is 6.59. The van der Waals surface area contributed by atoms with Gasteiger partial charge in [-0.2, -0.15) is 5.10 Å². The number of benzene rings is 2. The lowest BCUT2D eigenvalue weighted by molar-refractivity contribution is 0.0954. The van der Waals surface area contributed by atoms with E-state index in [1.165, 1.54) is 0 Å². The van der Waals surface area contributed by atoms with Gasteiger partial charge >= 0.3 is 0 Å². The summed E-state index contributed by atoms with van der Waals surface area (Å²) in [5, 5.41) is 5.25. The smallest absolute Gasteiger partial charge is 0.267 e. The van der Waals surface area contributed by atoms with Gasteiger partial charge in [0.15, 0.2) is 0 Å². The zero-order valence-corrected chi connectivity index (χ0v) is 14.8. The van der Waals surface area contributed by atoms with Crippen molar-refractivity contribution in [1.82, 2.24) is 5.43 Å². The van der Waals surface area contributed by atoms with E-state index in [1.807, 2.05) is 13.0 Å². The largest absolute Gasteiger partial charge is 0.271 e. The highest BCUT2D eigenvalue weighted by Crippen LogP contribution is 2.22. The fourth-order valence-electron chi connectivity index (χ4n) is 1.87. The van der Waals surface area contributed by atoms with Gasteiger partial charge in [0.2, 0.25) is 0 Å². The molecule has 0 aromatic heterocycles. The van der Waals surface area contributed by atoms with Gasteiger partial charge < -0.3 is 0 Å². The van der Waals surface area contributed by atoms with Gasteiger partial charge in [0.05, 0.1) is 10.7 Å². The van der Waals surface area contributed by atoms with Crippen LogP contribution in [0.25, 0.3) is 0 Å². The van der Waals surface area contributed by atoms with Crippen molar-refractivity contribution in [3.63, 3.8) is 0 Å². The molecule has 0 spiro atoms. The molecule has 0 aliphatic carbocycles. The van der Waals surface area contributed by atoms with E-state index in [0.717, 1.165) is 10.0 Å². The Labute approximate surface area is 147 Å². The summed E-state index contributed by atoms with van der Waals surface area (Å²) in [4.78, 5) is 12.1. The minimum Gasteiger partial charge on any atom is -0.267 e. The zero-order chi connectivity index (χ0) is 16.1. The maximum Gasteiger partial charge on any atom is 0.271 e. The van der Waals surface area contributed by atoms with Crippen molar-refractivity contribution in [2.45, 2.75) is 13.3 Å². The number of hydrogen-bond acceptors (Lipinski definition) is 2. The lowest BCUT2D eigenvalue weighted by Crippen LogP contribution is -2.20. The zero-order valence-electron chi connectivity index (χ0n) is 11.7. The Bertz CT molecular complexity index is 732. The highest BCUT2D eigenvalue weighted by molar-refractivity contribution is 9.10. The van der Waals surface area contributed by atoms with Crippen LogP contribution in [0, 0.1) is 0 Å². The maximum absolute atomic E-state index is 12.1. The molecule has 0 unspecified atom stereocenters. The number of nitrogens with one attached hydrogen (secondary N) is 1. The third-order valence-electron chi connectivity index (χ3n) is 2.96. The number of carbonyl (C=O) groups excluding carboxylic acids is 1. The summed E-state index contributed by atoms with van der Waals surface area (Å²) in [6.45, 7) is 1.94. The van der Waals surface area contributed by atoms with Crippen molar-refractivity contribution < 1.29 is 4.79 Å². The molecule has 0 fully saturated rings. The van der Waals surface area contributed by atoms with Crippen LogP contribution in [-0.2, 0) is 0 Å². The summed E-state index contributed by atoms with van der Waals surface area (Å²) >= 11 is 15.4. The molecule has 0 radical (unpaired) electrons. The molecule has 0 aliphatic rings. The van der Waals surface area contributed by atoms with Crippen LogP contribution in [0.1, 0.15) is 29.3 Å². The summed E-state index contributed by atoms with van der Waals surface area (Å²) in [5.74, 6) is -0.280. The number of amides is 1. The second-order valence-electron chi connectivity index (χ2n) is 4.49. The summed E-state index contributed by atoms with van der Waals surface area (Å²) in [6, 6.07) is 12.3. The molecule has 0 saturated heterocycles. The molecule has 114 valence electrons. The van der Waals surface area contributed by atoms with Crippen LogP contribution in [0.2, 0.25) is 10.0 Å². The Morgan fingerprint density at radius 2 is 2.00 bits per heavy atom. The maximum atomic E-state index is 12.1. The molecule has 0 saturated carbocycles. The summed E-state index contributed by atoms with van der Waals surface area (Å²) in [5.41, 5.74) is 4.52. The van der Waals surface area contributed by atoms with Gasteiger partial charge in [-0.3, -0.25) is 4.79 Å². The summed E-state index contributed by atoms with van der Waals surface area (Å²) < 4.78 is 0.834. The van der Waals surface area contributed by atoms with E-state index in [2.05, 4.69) is 26.5 Å². The lowest BCUT2D eigenvalue weighted by atomic mass is 10.1. The van der Waals surface area contributed by atoms with E-state index in [0.29, 0.717) is 27.7 Å². The fourth-order valence-corrected chi connectivity index (χ4v) is 2.78. The molecule has 0 bridgehead atoms. The Balaban J connectivity index is 2.21. The predicted octanol–water partition coefficient (Wildman–Crippen LogP) is 5.30. The number of carbonyl (C=O) groups is 1. The molecule has 3 nitrogen and oxygen atoms in total. The number of hydrazone groups is 1. The van der Waals surface area contributed by atoms with Gasteiger partial charge in [0, 0.05) is 20.6 Å². The second-order valence-corrected chi connectivity index (χ2v) is 6.25. The van der Waals surface area contributed by atoms with Gasteiger partial charge in [0.25, 0.3) is 5.91 Å². The average Bonchev–Trinajstić information content (AvgIpc) is 2.49. The van der Waals surface area contributed by atoms with E-state index in [1.54, 1.807) is 36.4 Å². The predicted molar refractivity (Wildman–Crippen MR) is 94.9 cm³/mol. The van der Waals surface area contributed by atoms with E-state index < -0.39 is 0 Å². The molecule has 0 heterocycles. The molecule has 22 heavy (non-hydrogen) atoms. The lowest BCUT2D eigenvalue weighted by Gasteiger charge is -2.08. The monoisotopic (exact) mass is 398 g/mol. The minimum atomic E-state index is -0.280. The average molecular weight is 400 g/mol. The third kappa shape index (κ3) is 4.32. The molecule has 2 aromatic carbocycles. The number of hydrogen-bond donors (Lipinski definition) is 1. The van der Waals surface area contributed by atoms with E-state index in [-0.39, 0.29) is 5.91 Å². The van der Waals surface area contributed by atoms with Crippen molar-refractivity contribution >= 4 is 50.8 Å². The van der Waals surface area contributed by atoms with Crippen LogP contribution in [0.5, 0.6) is 0 Å². The standard InChI is InChI=1S/C16H13BrCl2N2O/c1-2-15(13-7-6-12(18)9-14(13)19)20-21-16(22)10-4-3-5-11(17)8-10/h3-9H,2H2,1H3,(H,21,22). The number of halogens is 3. The number of nitrogens with zero attached hydrogens (tertiary/aromatic N) is 1. The molecule has 1 N–H and O–H groups in total. The van der Waals surface area contributed by atoms with Crippen LogP contribution in [0.15, 0.2) is 52.0 Å². The van der Waals surface area contributed by atoms with E-state index >= 15 is 0 Å². The van der Waals surface area contributed by atoms with Gasteiger partial charge in [0.1, 0.15) is 0 Å². The SMILES string of the molecule is CCC(=NNC(=O)c1cccc(Br)c1)c1ccc(Cl)cc1Cl. The first-order valence-corrected chi connectivity index (χ1v) is 8.14. The molecule has 0 aliphatic heterocycles. The van der Waals surface area contributed by atoms with Crippen molar-refractivity contribution in [3.05, 3.63) is 68.1 Å². The van der Waals surface area contributed by atoms with Crippen LogP contribution in [-0.4, -0.2) is 11.6 Å². The Morgan fingerprint density at radius 3 is 2.64 bits per heavy atom. The first kappa shape index (κ1) is 17.0. The van der Waals surface area contributed by atoms with Crippen LogP contribution < -0.4 is 5.43 Å². The van der Waals surface area contributed by atoms with E-state index in [9.17, 15) is 4.79 Å². The highest BCUT2D eigenvalue weighted by Gasteiger charge is 2.09. The van der Waals surface area contributed by atoms with Crippen LogP contribution in [0.3, 0.4) is 0 Å². The Hall–Kier alpha value is -1.36. The van der Waals surface area contributed by atoms with Gasteiger partial charge in [-0.15, -0.1) is 0 Å². The fraction of sp³-hybridized carbons (Fsp3) is 0.125. The van der Waals surface area contributed by atoms with Gasteiger partial charge in [-0.1, -0.05) is 58.2 Å². The molecule has 2 aromatic rings. The molecule has 1 amide bonds. The third-order valence-corrected chi connectivity index (χ3v) is 4.00. The highest BCUT2D eigenvalue weighted by atomic mass is 79.9. The van der Waals surface area contributed by atoms with Gasteiger partial charge in [-0.25, -0.2) is 5.43 Å². The molecular formula is C16H13BrCl2N2O. The topological polar surface area (TPSA) is 41.5 Å². The normalized spacial score (nSPS) is 11.4. The van der Waals surface area contributed by atoms with Crippen molar-refractivity contribution in [2.24, 2.45) is 5.10 Å². The van der Waals surface area contributed by atoms with E-state index in [4.69, 9.17) is 23.2 Å². The first-order chi connectivity index (χ1) is 10.5. The quantitative estimate of drug-likeness (QED) is 0.550. The second kappa shape index (κ2) is 7.77. The van der Waals surface area contributed by atoms with Gasteiger partial charge in [-0.05, 0) is 36.8 Å².